The van der Waals surface area contributed by atoms with Crippen LogP contribution >= 0.6 is 0 Å². The molecule has 0 bridgehead atoms. The minimum absolute atomic E-state index is 0.0746. The summed E-state index contributed by atoms with van der Waals surface area (Å²) in [5.74, 6) is -0.937. The summed E-state index contributed by atoms with van der Waals surface area (Å²) in [7, 11) is 0. The van der Waals surface area contributed by atoms with E-state index >= 15 is 0 Å². The first-order chi connectivity index (χ1) is 11.9. The van der Waals surface area contributed by atoms with E-state index in [1.54, 1.807) is 0 Å². The molecule has 5 heteroatoms. The van der Waals surface area contributed by atoms with Crippen LogP contribution in [-0.2, 0) is 19.1 Å². The van der Waals surface area contributed by atoms with Gasteiger partial charge >= 0.3 is 5.97 Å². The third-order valence-corrected chi connectivity index (χ3v) is 5.16. The maximum Gasteiger partial charge on any atom is 0.306 e. The Hall–Kier alpha value is -1.65. The fraction of sp³-hybridized carbons (Fsp3) is 0.762. The van der Waals surface area contributed by atoms with Crippen molar-refractivity contribution in [2.24, 2.45) is 16.6 Å². The minimum atomic E-state index is -0.936. The Morgan fingerprint density at radius 2 is 1.77 bits per heavy atom. The second kappa shape index (κ2) is 9.33. The second-order valence-electron chi connectivity index (χ2n) is 9.02. The van der Waals surface area contributed by atoms with Crippen LogP contribution in [0, 0.1) is 10.8 Å². The molecule has 1 aliphatic rings. The average Bonchev–Trinajstić information content (AvgIpc) is 2.48. The molecule has 0 saturated heterocycles. The van der Waals surface area contributed by atoms with E-state index in [4.69, 9.17) is 10.5 Å². The fourth-order valence-electron chi connectivity index (χ4n) is 3.81. The van der Waals surface area contributed by atoms with Gasteiger partial charge in [-0.2, -0.15) is 0 Å². The highest BCUT2D eigenvalue weighted by Crippen LogP contribution is 2.39. The lowest BCUT2D eigenvalue weighted by atomic mass is 9.70. The van der Waals surface area contributed by atoms with E-state index < -0.39 is 23.4 Å². The van der Waals surface area contributed by atoms with Crippen molar-refractivity contribution in [2.75, 3.05) is 0 Å². The summed E-state index contributed by atoms with van der Waals surface area (Å²) in [6.07, 6.45) is 6.00. The average molecular weight is 366 g/mol. The third-order valence-electron chi connectivity index (χ3n) is 5.16. The van der Waals surface area contributed by atoms with Crippen LogP contribution in [0.15, 0.2) is 11.6 Å². The van der Waals surface area contributed by atoms with E-state index in [-0.39, 0.29) is 17.6 Å². The number of nitrogens with two attached hydrogens (primary N) is 1. The van der Waals surface area contributed by atoms with Gasteiger partial charge in [-0.05, 0) is 44.4 Å². The van der Waals surface area contributed by atoms with Crippen LogP contribution in [0.1, 0.15) is 86.0 Å². The van der Waals surface area contributed by atoms with Gasteiger partial charge in [0.25, 0.3) is 5.91 Å². The molecule has 1 amide bonds. The van der Waals surface area contributed by atoms with Gasteiger partial charge in [-0.1, -0.05) is 39.3 Å². The monoisotopic (exact) mass is 365 g/mol. The first-order valence-electron chi connectivity index (χ1n) is 9.61. The number of carbonyl (C=O) groups is 3. The number of rotatable bonds is 1. The molecule has 0 aromatic heterocycles. The molecule has 1 atom stereocenters. The normalized spacial score (nSPS) is 27.9. The zero-order valence-corrected chi connectivity index (χ0v) is 17.0. The lowest BCUT2D eigenvalue weighted by Crippen LogP contribution is -2.33. The number of hydrogen-bond acceptors (Lipinski definition) is 4. The first-order valence-corrected chi connectivity index (χ1v) is 9.61. The van der Waals surface area contributed by atoms with Gasteiger partial charge in [0.15, 0.2) is 6.10 Å². The lowest BCUT2D eigenvalue weighted by molar-refractivity contribution is -0.154. The van der Waals surface area contributed by atoms with Crippen molar-refractivity contribution in [2.45, 2.75) is 92.1 Å². The Morgan fingerprint density at radius 1 is 1.12 bits per heavy atom. The topological polar surface area (TPSA) is 86.5 Å². The number of hydrogen-bond donors (Lipinski definition) is 1. The summed E-state index contributed by atoms with van der Waals surface area (Å²) in [5.41, 5.74) is 6.17. The zero-order valence-electron chi connectivity index (χ0n) is 17.0. The van der Waals surface area contributed by atoms with E-state index in [2.05, 4.69) is 13.8 Å². The molecular weight excluding hydrogens is 330 g/mol. The predicted octanol–water partition coefficient (Wildman–Crippen LogP) is 4.09. The fourth-order valence-corrected chi connectivity index (χ4v) is 3.81. The van der Waals surface area contributed by atoms with Crippen LogP contribution in [0.5, 0.6) is 0 Å². The molecule has 5 nitrogen and oxygen atoms in total. The SMILES string of the molecule is C/C1=C\CC(C(N)=O)OC(=O)CCCC(=O)C(C)(C)CC(C)(C)CCC1. The van der Waals surface area contributed by atoms with E-state index in [9.17, 15) is 14.4 Å². The van der Waals surface area contributed by atoms with E-state index in [0.717, 1.165) is 31.3 Å². The zero-order chi connectivity index (χ0) is 20.0. The molecule has 1 aliphatic heterocycles. The number of allylic oxidation sites excluding steroid dienone is 1. The molecule has 0 aromatic rings. The summed E-state index contributed by atoms with van der Waals surface area (Å²) in [5, 5.41) is 0. The van der Waals surface area contributed by atoms with Gasteiger partial charge in [0.05, 0.1) is 0 Å². The quantitative estimate of drug-likeness (QED) is 0.560. The second-order valence-corrected chi connectivity index (χ2v) is 9.02. The number of cyclic esters (lactones) is 1. The molecular formula is C21H35NO4. The molecule has 0 spiro atoms. The number of ether oxygens (including phenoxy) is 1. The van der Waals surface area contributed by atoms with Crippen molar-refractivity contribution >= 4 is 17.7 Å². The Bertz CT molecular complexity index is 560. The lowest BCUT2D eigenvalue weighted by Gasteiger charge is -2.34. The van der Waals surface area contributed by atoms with Crippen LogP contribution in [-0.4, -0.2) is 23.8 Å². The molecule has 0 fully saturated rings. The van der Waals surface area contributed by atoms with Crippen molar-refractivity contribution in [3.63, 3.8) is 0 Å². The number of primary amides is 1. The molecule has 0 radical (unpaired) electrons. The highest BCUT2D eigenvalue weighted by Gasteiger charge is 2.34. The van der Waals surface area contributed by atoms with Crippen LogP contribution < -0.4 is 5.73 Å². The Labute approximate surface area is 157 Å². The minimum Gasteiger partial charge on any atom is -0.452 e. The molecule has 26 heavy (non-hydrogen) atoms. The predicted molar refractivity (Wildman–Crippen MR) is 102 cm³/mol. The van der Waals surface area contributed by atoms with Crippen molar-refractivity contribution in [3.05, 3.63) is 11.6 Å². The van der Waals surface area contributed by atoms with Gasteiger partial charge in [-0.3, -0.25) is 14.4 Å². The van der Waals surface area contributed by atoms with Crippen molar-refractivity contribution in [3.8, 4) is 0 Å². The van der Waals surface area contributed by atoms with E-state index in [1.807, 2.05) is 26.8 Å². The van der Waals surface area contributed by atoms with Crippen LogP contribution in [0.3, 0.4) is 0 Å². The van der Waals surface area contributed by atoms with Crippen molar-refractivity contribution in [1.29, 1.82) is 0 Å². The Morgan fingerprint density at radius 3 is 2.38 bits per heavy atom. The summed E-state index contributed by atoms with van der Waals surface area (Å²) < 4.78 is 5.21. The summed E-state index contributed by atoms with van der Waals surface area (Å²) in [6.45, 7) is 10.4. The number of ketones is 1. The van der Waals surface area contributed by atoms with Gasteiger partial charge in [-0.15, -0.1) is 0 Å². The van der Waals surface area contributed by atoms with Gasteiger partial charge in [-0.25, -0.2) is 0 Å². The summed E-state index contributed by atoms with van der Waals surface area (Å²) in [4.78, 5) is 36.1. The molecule has 0 aromatic carbocycles. The highest BCUT2D eigenvalue weighted by atomic mass is 16.5. The summed E-state index contributed by atoms with van der Waals surface area (Å²) >= 11 is 0. The maximum absolute atomic E-state index is 12.6. The largest absolute Gasteiger partial charge is 0.452 e. The van der Waals surface area contributed by atoms with Crippen LogP contribution in [0.2, 0.25) is 0 Å². The summed E-state index contributed by atoms with van der Waals surface area (Å²) in [6, 6.07) is 0. The Kier molecular flexibility index (Phi) is 8.04. The molecule has 1 unspecified atom stereocenters. The highest BCUT2D eigenvalue weighted by molar-refractivity contribution is 5.85. The molecule has 1 rings (SSSR count). The maximum atomic E-state index is 12.6. The van der Waals surface area contributed by atoms with Gasteiger partial charge in [0, 0.05) is 24.7 Å². The number of amides is 1. The molecule has 0 saturated carbocycles. The van der Waals surface area contributed by atoms with Crippen molar-refractivity contribution in [1.82, 2.24) is 0 Å². The number of Topliss-reactive ketones (excluding diaryl/α,β-unsaturated/α-hetero) is 1. The smallest absolute Gasteiger partial charge is 0.306 e. The van der Waals surface area contributed by atoms with E-state index in [0.29, 0.717) is 19.3 Å². The van der Waals surface area contributed by atoms with E-state index in [1.165, 1.54) is 0 Å². The van der Waals surface area contributed by atoms with Crippen LogP contribution in [0.25, 0.3) is 0 Å². The molecule has 0 aliphatic carbocycles. The third kappa shape index (κ3) is 7.71. The van der Waals surface area contributed by atoms with Crippen LogP contribution in [0.4, 0.5) is 0 Å². The molecule has 1 heterocycles. The Balaban J connectivity index is 2.93. The van der Waals surface area contributed by atoms with Gasteiger partial charge in [0.2, 0.25) is 0 Å². The number of esters is 1. The van der Waals surface area contributed by atoms with Gasteiger partial charge in [0.1, 0.15) is 5.78 Å². The molecule has 148 valence electrons. The van der Waals surface area contributed by atoms with Crippen molar-refractivity contribution < 1.29 is 19.1 Å². The number of carbonyl (C=O) groups excluding carboxylic acids is 3. The van der Waals surface area contributed by atoms with Gasteiger partial charge < -0.3 is 10.5 Å². The molecule has 2 N–H and O–H groups in total. The standard InChI is InChI=1S/C21H35NO4/c1-15-8-7-13-20(2,3)14-21(4,5)17(23)9-6-10-18(24)26-16(12-11-15)19(22)25/h11,16H,6-10,12-14H2,1-5H3,(H2,22,25)/b15-11+. The first kappa shape index (κ1) is 22.4.